The number of carbonyl (C=O) groups excluding carboxylic acids is 2. The number of nitrogens with zero attached hydrogens (tertiary/aromatic N) is 3. The summed E-state index contributed by atoms with van der Waals surface area (Å²) in [6.07, 6.45) is 1.46. The molecule has 162 valence electrons. The number of hydrogen-bond acceptors (Lipinski definition) is 6. The van der Waals surface area contributed by atoms with Crippen LogP contribution in [0.5, 0.6) is 5.75 Å². The lowest BCUT2D eigenvalue weighted by molar-refractivity contribution is -0.133. The van der Waals surface area contributed by atoms with Crippen LogP contribution in [0, 0.1) is 17.2 Å². The molecule has 1 aromatic heterocycles. The fourth-order valence-corrected chi connectivity index (χ4v) is 3.21. The van der Waals surface area contributed by atoms with E-state index in [0.29, 0.717) is 12.2 Å². The number of nitrogens with one attached hydrogen (secondary N) is 1. The number of nitriles is 1. The fraction of sp³-hybridized carbons (Fsp3) is 0.391. The smallest absolute Gasteiger partial charge is 0.416 e. The van der Waals surface area contributed by atoms with Gasteiger partial charge in [-0.2, -0.15) is 5.26 Å². The third-order valence-corrected chi connectivity index (χ3v) is 4.83. The minimum absolute atomic E-state index is 0.146. The van der Waals surface area contributed by atoms with Crippen LogP contribution in [0.3, 0.4) is 0 Å². The van der Waals surface area contributed by atoms with E-state index in [1.807, 2.05) is 24.3 Å². The minimum Gasteiger partial charge on any atom is -0.497 e. The van der Waals surface area contributed by atoms with Gasteiger partial charge in [0.25, 0.3) is 0 Å². The maximum Gasteiger partial charge on any atom is 0.416 e. The summed E-state index contributed by atoms with van der Waals surface area (Å²) in [6.45, 7) is 5.66. The second-order valence-corrected chi connectivity index (χ2v) is 8.36. The molecule has 2 amide bonds. The Labute approximate surface area is 181 Å². The molecule has 0 bridgehead atoms. The lowest BCUT2D eigenvalue weighted by Crippen LogP contribution is -2.58. The normalized spacial score (nSPS) is 17.7. The van der Waals surface area contributed by atoms with Gasteiger partial charge in [0.15, 0.2) is 0 Å². The Bertz CT molecular complexity index is 992. The number of carbonyl (C=O) groups is 2. The van der Waals surface area contributed by atoms with Crippen LogP contribution in [0.2, 0.25) is 0 Å². The highest BCUT2D eigenvalue weighted by Gasteiger charge is 2.39. The molecule has 1 aromatic carbocycles. The molecule has 2 atom stereocenters. The topological polar surface area (TPSA) is 105 Å². The molecule has 1 aliphatic rings. The van der Waals surface area contributed by atoms with E-state index in [2.05, 4.69) is 16.4 Å². The average molecular weight is 422 g/mol. The van der Waals surface area contributed by atoms with Crippen LogP contribution in [-0.4, -0.2) is 35.7 Å². The summed E-state index contributed by atoms with van der Waals surface area (Å²) in [7, 11) is 1.59. The summed E-state index contributed by atoms with van der Waals surface area (Å²) in [5.74, 6) is 0.582. The van der Waals surface area contributed by atoms with Crippen molar-refractivity contribution >= 4 is 17.8 Å². The maximum atomic E-state index is 13.0. The highest BCUT2D eigenvalue weighted by molar-refractivity contribution is 5.88. The lowest BCUT2D eigenvalue weighted by Gasteiger charge is -2.32. The Morgan fingerprint density at radius 1 is 1.23 bits per heavy atom. The maximum absolute atomic E-state index is 13.0. The van der Waals surface area contributed by atoms with Crippen molar-refractivity contribution in [2.45, 2.75) is 45.4 Å². The first-order valence-electron chi connectivity index (χ1n) is 9.98. The number of β-lactam (4-membered cyclic amide) rings is 1. The quantitative estimate of drug-likeness (QED) is 0.717. The average Bonchev–Trinajstić information content (AvgIpc) is 2.73. The fourth-order valence-electron chi connectivity index (χ4n) is 3.21. The van der Waals surface area contributed by atoms with Gasteiger partial charge < -0.3 is 14.8 Å². The van der Waals surface area contributed by atoms with Gasteiger partial charge in [0.1, 0.15) is 23.2 Å². The second kappa shape index (κ2) is 9.04. The Morgan fingerprint density at radius 2 is 1.94 bits per heavy atom. The van der Waals surface area contributed by atoms with E-state index in [9.17, 15) is 9.59 Å². The van der Waals surface area contributed by atoms with Crippen molar-refractivity contribution in [3.63, 3.8) is 0 Å². The summed E-state index contributed by atoms with van der Waals surface area (Å²) in [5.41, 5.74) is 1.02. The molecule has 0 radical (unpaired) electrons. The number of ether oxygens (including phenoxy) is 2. The van der Waals surface area contributed by atoms with Gasteiger partial charge in [-0.1, -0.05) is 12.1 Å². The predicted octanol–water partition coefficient (Wildman–Crippen LogP) is 3.21. The van der Waals surface area contributed by atoms with E-state index < -0.39 is 23.7 Å². The third-order valence-electron chi connectivity index (χ3n) is 4.83. The van der Waals surface area contributed by atoms with Gasteiger partial charge in [-0.3, -0.25) is 9.69 Å². The molecule has 3 rings (SSSR count). The molecule has 2 aromatic rings. The number of rotatable bonds is 6. The van der Waals surface area contributed by atoms with Crippen LogP contribution in [-0.2, 0) is 22.5 Å². The van der Waals surface area contributed by atoms with Gasteiger partial charge in [0.2, 0.25) is 5.91 Å². The molecule has 8 nitrogen and oxygen atoms in total. The summed E-state index contributed by atoms with van der Waals surface area (Å²) >= 11 is 0. The number of anilines is 1. The summed E-state index contributed by atoms with van der Waals surface area (Å²) < 4.78 is 10.8. The van der Waals surface area contributed by atoms with E-state index in [-0.39, 0.29) is 12.5 Å². The highest BCUT2D eigenvalue weighted by atomic mass is 16.6. The van der Waals surface area contributed by atoms with Crippen molar-refractivity contribution < 1.29 is 19.1 Å². The van der Waals surface area contributed by atoms with Crippen LogP contribution < -0.4 is 15.0 Å². The molecule has 1 saturated heterocycles. The minimum atomic E-state index is -0.670. The Kier molecular flexibility index (Phi) is 6.44. The van der Waals surface area contributed by atoms with Crippen LogP contribution >= 0.6 is 0 Å². The van der Waals surface area contributed by atoms with E-state index >= 15 is 0 Å². The summed E-state index contributed by atoms with van der Waals surface area (Å²) in [5, 5.41) is 11.7. The van der Waals surface area contributed by atoms with Gasteiger partial charge in [-0.05, 0) is 62.6 Å². The van der Waals surface area contributed by atoms with Crippen molar-refractivity contribution in [1.29, 1.82) is 5.26 Å². The van der Waals surface area contributed by atoms with Gasteiger partial charge in [0.05, 0.1) is 25.6 Å². The zero-order valence-corrected chi connectivity index (χ0v) is 18.1. The molecule has 0 saturated carbocycles. The standard InChI is InChI=1S/C23H26N4O4/c1-23(2,3)31-22(29)27(14-15-5-7-17(30-4)8-6-15)20-12-16(9-10-25-20)11-18-19(13-24)26-21(18)28/h5-10,12,18-19H,11,14H2,1-4H3,(H,26,28)/t18-,19?/m1/s1. The third kappa shape index (κ3) is 5.51. The predicted molar refractivity (Wildman–Crippen MR) is 114 cm³/mol. The van der Waals surface area contributed by atoms with Crippen molar-refractivity contribution in [2.75, 3.05) is 12.0 Å². The number of aromatic nitrogens is 1. The van der Waals surface area contributed by atoms with Crippen molar-refractivity contribution in [3.8, 4) is 11.8 Å². The molecule has 0 aliphatic carbocycles. The number of methoxy groups -OCH3 is 1. The van der Waals surface area contributed by atoms with Crippen molar-refractivity contribution in [1.82, 2.24) is 10.3 Å². The summed E-state index contributed by atoms with van der Waals surface area (Å²) in [6, 6.07) is 12.5. The Hall–Kier alpha value is -3.60. The molecule has 31 heavy (non-hydrogen) atoms. The van der Waals surface area contributed by atoms with E-state index in [4.69, 9.17) is 14.7 Å². The first-order valence-corrected chi connectivity index (χ1v) is 9.98. The first kappa shape index (κ1) is 22.1. The number of pyridine rings is 1. The zero-order valence-electron chi connectivity index (χ0n) is 18.1. The van der Waals surface area contributed by atoms with Gasteiger partial charge in [0, 0.05) is 6.20 Å². The molecular weight excluding hydrogens is 396 g/mol. The molecule has 1 N–H and O–H groups in total. The van der Waals surface area contributed by atoms with Crippen molar-refractivity contribution in [2.24, 2.45) is 5.92 Å². The highest BCUT2D eigenvalue weighted by Crippen LogP contribution is 2.25. The van der Waals surface area contributed by atoms with E-state index in [1.54, 1.807) is 46.2 Å². The van der Waals surface area contributed by atoms with Gasteiger partial charge in [-0.15, -0.1) is 0 Å². The molecule has 0 spiro atoms. The SMILES string of the molecule is COc1ccc(CN(C(=O)OC(C)(C)C)c2cc(C[C@H]3C(=O)NC3C#N)ccn2)cc1. The van der Waals surface area contributed by atoms with Crippen molar-refractivity contribution in [3.05, 3.63) is 53.7 Å². The second-order valence-electron chi connectivity index (χ2n) is 8.36. The molecule has 1 aliphatic heterocycles. The first-order chi connectivity index (χ1) is 14.7. The Morgan fingerprint density at radius 3 is 2.52 bits per heavy atom. The Balaban J connectivity index is 1.86. The molecule has 1 fully saturated rings. The van der Waals surface area contributed by atoms with Gasteiger partial charge in [-0.25, -0.2) is 9.78 Å². The summed E-state index contributed by atoms with van der Waals surface area (Å²) in [4.78, 5) is 30.6. The molecule has 8 heteroatoms. The largest absolute Gasteiger partial charge is 0.497 e. The van der Waals surface area contributed by atoms with Gasteiger partial charge >= 0.3 is 6.09 Å². The molecular formula is C23H26N4O4. The van der Waals surface area contributed by atoms with Crippen LogP contribution in [0.1, 0.15) is 31.9 Å². The molecule has 2 heterocycles. The zero-order chi connectivity index (χ0) is 22.6. The lowest BCUT2D eigenvalue weighted by atomic mass is 9.86. The monoisotopic (exact) mass is 422 g/mol. The number of amides is 2. The van der Waals surface area contributed by atoms with E-state index in [0.717, 1.165) is 16.9 Å². The number of hydrogen-bond donors (Lipinski definition) is 1. The molecule has 1 unspecified atom stereocenters. The number of benzene rings is 1. The van der Waals surface area contributed by atoms with Crippen LogP contribution in [0.4, 0.5) is 10.6 Å². The van der Waals surface area contributed by atoms with Crippen LogP contribution in [0.25, 0.3) is 0 Å². The van der Waals surface area contributed by atoms with Crippen LogP contribution in [0.15, 0.2) is 42.6 Å². The van der Waals surface area contributed by atoms with E-state index in [1.165, 1.54) is 4.90 Å².